The summed E-state index contributed by atoms with van der Waals surface area (Å²) in [6, 6.07) is 8.15. The summed E-state index contributed by atoms with van der Waals surface area (Å²) in [7, 11) is 2.02. The molecule has 3 N–H and O–H groups in total. The first-order chi connectivity index (χ1) is 9.22. The topological polar surface area (TPSA) is 58.4 Å². The molecule has 0 saturated carbocycles. The number of hydrogen-bond donors (Lipinski definition) is 2. The lowest BCUT2D eigenvalue weighted by Crippen LogP contribution is -2.43. The maximum Gasteiger partial charge on any atom is 0.237 e. The Kier molecular flexibility index (Phi) is 4.93. The Hall–Kier alpha value is -1.39. The van der Waals surface area contributed by atoms with Crippen molar-refractivity contribution in [1.82, 2.24) is 10.2 Å². The Morgan fingerprint density at radius 1 is 1.32 bits per heavy atom. The monoisotopic (exact) mass is 261 g/mol. The van der Waals surface area contributed by atoms with Gasteiger partial charge >= 0.3 is 0 Å². The average molecular weight is 261 g/mol. The predicted molar refractivity (Wildman–Crippen MR) is 76.4 cm³/mol. The van der Waals surface area contributed by atoms with Crippen molar-refractivity contribution in [2.45, 2.75) is 38.4 Å². The fourth-order valence-corrected chi connectivity index (χ4v) is 2.63. The van der Waals surface area contributed by atoms with Crippen LogP contribution in [0.1, 0.15) is 30.4 Å². The number of nitrogens with one attached hydrogen (secondary N) is 1. The van der Waals surface area contributed by atoms with Gasteiger partial charge in [-0.1, -0.05) is 24.3 Å². The molecule has 4 heteroatoms. The summed E-state index contributed by atoms with van der Waals surface area (Å²) in [5, 5.41) is 2.98. The summed E-state index contributed by atoms with van der Waals surface area (Å²) in [6.07, 6.45) is 3.12. The van der Waals surface area contributed by atoms with Crippen molar-refractivity contribution in [2.24, 2.45) is 5.73 Å². The molecule has 1 aromatic rings. The lowest BCUT2D eigenvalue weighted by molar-refractivity contribution is -0.125. The van der Waals surface area contributed by atoms with Crippen molar-refractivity contribution in [2.75, 3.05) is 13.6 Å². The molecule has 1 atom stereocenters. The molecule has 0 aliphatic carbocycles. The van der Waals surface area contributed by atoms with Gasteiger partial charge in [-0.15, -0.1) is 0 Å². The van der Waals surface area contributed by atoms with E-state index < -0.39 is 0 Å². The van der Waals surface area contributed by atoms with Crippen LogP contribution in [0.25, 0.3) is 0 Å². The molecular weight excluding hydrogens is 238 g/mol. The fraction of sp³-hybridized carbons (Fsp3) is 0.533. The second-order valence-electron chi connectivity index (χ2n) is 5.19. The Morgan fingerprint density at radius 2 is 2.05 bits per heavy atom. The molecule has 1 unspecified atom stereocenters. The minimum absolute atomic E-state index is 0.0201. The number of hydrogen-bond acceptors (Lipinski definition) is 3. The van der Waals surface area contributed by atoms with Crippen LogP contribution in [0.3, 0.4) is 0 Å². The molecule has 0 radical (unpaired) electrons. The Balaban J connectivity index is 2.06. The first-order valence-corrected chi connectivity index (χ1v) is 6.97. The van der Waals surface area contributed by atoms with Gasteiger partial charge in [-0.2, -0.15) is 0 Å². The van der Waals surface area contributed by atoms with Gasteiger partial charge in [-0.25, -0.2) is 0 Å². The van der Waals surface area contributed by atoms with Crippen molar-refractivity contribution >= 4 is 5.91 Å². The number of likely N-dealkylation sites (N-methyl/N-ethyl adjacent to an activating group) is 1. The Bertz CT molecular complexity index is 433. The number of nitrogens with two attached hydrogens (primary N) is 1. The van der Waals surface area contributed by atoms with Gasteiger partial charge in [0.2, 0.25) is 5.91 Å². The SMILES string of the molecule is CN(Cc1ccccc1CN)C1CCCCNC1=O. The van der Waals surface area contributed by atoms with Gasteiger partial charge < -0.3 is 11.1 Å². The zero-order valence-electron chi connectivity index (χ0n) is 11.6. The number of nitrogens with zero attached hydrogens (tertiary/aromatic N) is 1. The van der Waals surface area contributed by atoms with Gasteiger partial charge in [0, 0.05) is 19.6 Å². The van der Waals surface area contributed by atoms with Crippen LogP contribution in [0, 0.1) is 0 Å². The first kappa shape index (κ1) is 14.0. The number of carbonyl (C=O) groups excluding carboxylic acids is 1. The van der Waals surface area contributed by atoms with Crippen LogP contribution < -0.4 is 11.1 Å². The molecule has 1 saturated heterocycles. The molecule has 0 aromatic heterocycles. The molecule has 1 aliphatic heterocycles. The van der Waals surface area contributed by atoms with Crippen molar-refractivity contribution in [3.8, 4) is 0 Å². The summed E-state index contributed by atoms with van der Waals surface area (Å²) in [5.41, 5.74) is 8.13. The van der Waals surface area contributed by atoms with Crippen LogP contribution in [0.15, 0.2) is 24.3 Å². The van der Waals surface area contributed by atoms with E-state index in [2.05, 4.69) is 22.3 Å². The van der Waals surface area contributed by atoms with E-state index in [9.17, 15) is 4.79 Å². The summed E-state index contributed by atoms with van der Waals surface area (Å²) in [6.45, 7) is 2.12. The minimum Gasteiger partial charge on any atom is -0.355 e. The summed E-state index contributed by atoms with van der Waals surface area (Å²) >= 11 is 0. The van der Waals surface area contributed by atoms with Crippen LogP contribution >= 0.6 is 0 Å². The number of carbonyl (C=O) groups is 1. The molecule has 19 heavy (non-hydrogen) atoms. The molecule has 1 aromatic carbocycles. The third kappa shape index (κ3) is 3.55. The van der Waals surface area contributed by atoms with E-state index in [1.165, 1.54) is 5.56 Å². The van der Waals surface area contributed by atoms with E-state index >= 15 is 0 Å². The third-order valence-corrected chi connectivity index (χ3v) is 3.80. The van der Waals surface area contributed by atoms with E-state index in [-0.39, 0.29) is 11.9 Å². The first-order valence-electron chi connectivity index (χ1n) is 6.97. The van der Waals surface area contributed by atoms with Gasteiger partial charge in [0.25, 0.3) is 0 Å². The Morgan fingerprint density at radius 3 is 2.79 bits per heavy atom. The smallest absolute Gasteiger partial charge is 0.237 e. The van der Waals surface area contributed by atoms with Gasteiger partial charge in [0.05, 0.1) is 6.04 Å². The molecular formula is C15H23N3O. The summed E-state index contributed by atoms with van der Waals surface area (Å²) < 4.78 is 0. The van der Waals surface area contributed by atoms with Crippen LogP contribution in [-0.2, 0) is 17.9 Å². The molecule has 1 amide bonds. The molecule has 4 nitrogen and oxygen atoms in total. The minimum atomic E-state index is -0.0201. The zero-order valence-corrected chi connectivity index (χ0v) is 11.6. The standard InChI is InChI=1S/C15H23N3O/c1-18(14-8-4-5-9-17-15(14)19)11-13-7-3-2-6-12(13)10-16/h2-3,6-7,14H,4-5,8-11,16H2,1H3,(H,17,19). The Labute approximate surface area is 115 Å². The van der Waals surface area contributed by atoms with Crippen LogP contribution in [0.2, 0.25) is 0 Å². The van der Waals surface area contributed by atoms with E-state index in [1.54, 1.807) is 0 Å². The van der Waals surface area contributed by atoms with Crippen molar-refractivity contribution in [3.05, 3.63) is 35.4 Å². The van der Waals surface area contributed by atoms with Crippen LogP contribution in [-0.4, -0.2) is 30.4 Å². The normalized spacial score (nSPS) is 20.2. The van der Waals surface area contributed by atoms with Gasteiger partial charge in [0.1, 0.15) is 0 Å². The summed E-state index contributed by atoms with van der Waals surface area (Å²) in [5.74, 6) is 0.158. The largest absolute Gasteiger partial charge is 0.355 e. The van der Waals surface area contributed by atoms with E-state index in [0.717, 1.165) is 37.9 Å². The van der Waals surface area contributed by atoms with Crippen LogP contribution in [0.5, 0.6) is 0 Å². The summed E-state index contributed by atoms with van der Waals surface area (Å²) in [4.78, 5) is 14.2. The average Bonchev–Trinajstić information content (AvgIpc) is 2.64. The lowest BCUT2D eigenvalue weighted by atomic mass is 10.0. The van der Waals surface area contributed by atoms with Crippen LogP contribution in [0.4, 0.5) is 0 Å². The van der Waals surface area contributed by atoms with Crippen molar-refractivity contribution in [1.29, 1.82) is 0 Å². The maximum atomic E-state index is 12.0. The molecule has 2 rings (SSSR count). The molecule has 1 aliphatic rings. The molecule has 1 fully saturated rings. The fourth-order valence-electron chi connectivity index (χ4n) is 2.63. The highest BCUT2D eigenvalue weighted by Crippen LogP contribution is 2.16. The van der Waals surface area contributed by atoms with Gasteiger partial charge in [-0.05, 0) is 37.4 Å². The van der Waals surface area contributed by atoms with E-state index in [4.69, 9.17) is 5.73 Å². The van der Waals surface area contributed by atoms with Crippen molar-refractivity contribution in [3.63, 3.8) is 0 Å². The highest BCUT2D eigenvalue weighted by molar-refractivity contribution is 5.81. The second-order valence-corrected chi connectivity index (χ2v) is 5.19. The quantitative estimate of drug-likeness (QED) is 0.857. The van der Waals surface area contributed by atoms with Crippen molar-refractivity contribution < 1.29 is 4.79 Å². The zero-order chi connectivity index (χ0) is 13.7. The molecule has 1 heterocycles. The highest BCUT2D eigenvalue weighted by Gasteiger charge is 2.24. The second kappa shape index (κ2) is 6.68. The molecule has 0 spiro atoms. The predicted octanol–water partition coefficient (Wildman–Crippen LogP) is 1.25. The van der Waals surface area contributed by atoms with E-state index in [0.29, 0.717) is 6.54 Å². The highest BCUT2D eigenvalue weighted by atomic mass is 16.2. The lowest BCUT2D eigenvalue weighted by Gasteiger charge is -2.26. The number of benzene rings is 1. The molecule has 104 valence electrons. The van der Waals surface area contributed by atoms with Gasteiger partial charge in [0.15, 0.2) is 0 Å². The molecule has 0 bridgehead atoms. The van der Waals surface area contributed by atoms with E-state index in [1.807, 2.05) is 19.2 Å². The number of rotatable bonds is 4. The number of amides is 1. The maximum absolute atomic E-state index is 12.0. The van der Waals surface area contributed by atoms with Gasteiger partial charge in [-0.3, -0.25) is 9.69 Å². The third-order valence-electron chi connectivity index (χ3n) is 3.80.